The smallest absolute Gasteiger partial charge is 0.289 e. The highest BCUT2D eigenvalue weighted by molar-refractivity contribution is 7.89. The second-order valence-corrected chi connectivity index (χ2v) is 7.61. The van der Waals surface area contributed by atoms with Gasteiger partial charge in [-0.3, -0.25) is 20.0 Å². The van der Waals surface area contributed by atoms with Crippen molar-refractivity contribution in [3.8, 4) is 0 Å². The number of alkyl halides is 3. The molecule has 1 aromatic heterocycles. The molecule has 0 spiro atoms. The van der Waals surface area contributed by atoms with Gasteiger partial charge in [0.15, 0.2) is 0 Å². The van der Waals surface area contributed by atoms with Crippen LogP contribution in [-0.2, 0) is 34.0 Å². The highest BCUT2D eigenvalue weighted by Crippen LogP contribution is 2.32. The van der Waals surface area contributed by atoms with Gasteiger partial charge in [-0.1, -0.05) is 0 Å². The Morgan fingerprint density at radius 2 is 1.74 bits per heavy atom. The topological polar surface area (TPSA) is 112 Å². The Balaban J connectivity index is 2.01. The minimum absolute atomic E-state index is 0.143. The molecule has 0 radical (unpaired) electrons. The molecule has 2 aromatic rings. The normalized spacial score (nSPS) is 18.0. The van der Waals surface area contributed by atoms with E-state index in [1.54, 1.807) is 0 Å². The molecule has 0 bridgehead atoms. The summed E-state index contributed by atoms with van der Waals surface area (Å²) in [5.74, 6) is -0.984. The first-order chi connectivity index (χ1) is 12.6. The number of fused-ring (bicyclic) bond motifs is 1. The van der Waals surface area contributed by atoms with Crippen LogP contribution in [0.3, 0.4) is 0 Å². The van der Waals surface area contributed by atoms with Gasteiger partial charge in [0, 0.05) is 18.8 Å². The fourth-order valence-corrected chi connectivity index (χ4v) is 4.29. The second kappa shape index (κ2) is 6.87. The molecule has 2 N–H and O–H groups in total. The fourth-order valence-electron chi connectivity index (χ4n) is 2.74. The molecule has 0 saturated heterocycles. The summed E-state index contributed by atoms with van der Waals surface area (Å²) >= 11 is 0. The van der Waals surface area contributed by atoms with Crippen molar-refractivity contribution in [3.63, 3.8) is 0 Å². The van der Waals surface area contributed by atoms with Gasteiger partial charge in [-0.2, -0.15) is 17.5 Å². The number of sulfonamides is 1. The van der Waals surface area contributed by atoms with Crippen LogP contribution < -0.4 is 5.48 Å². The molecule has 1 atom stereocenters. The van der Waals surface area contributed by atoms with E-state index in [4.69, 9.17) is 5.21 Å². The Morgan fingerprint density at radius 3 is 2.30 bits per heavy atom. The average Bonchev–Trinajstić information content (AvgIpc) is 2.65. The molecule has 0 saturated carbocycles. The van der Waals surface area contributed by atoms with Gasteiger partial charge in [0.25, 0.3) is 5.91 Å². The van der Waals surface area contributed by atoms with Crippen molar-refractivity contribution >= 4 is 15.9 Å². The zero-order valence-electron chi connectivity index (χ0n) is 13.5. The number of aromatic nitrogens is 2. The van der Waals surface area contributed by atoms with E-state index >= 15 is 0 Å². The number of nitrogens with one attached hydrogen (secondary N) is 1. The monoisotopic (exact) mass is 402 g/mol. The highest BCUT2D eigenvalue weighted by atomic mass is 32.2. The minimum Gasteiger partial charge on any atom is -0.289 e. The molecule has 0 fully saturated rings. The number of benzene rings is 1. The number of rotatable bonds is 3. The number of amides is 1. The first-order valence-electron chi connectivity index (χ1n) is 7.56. The summed E-state index contributed by atoms with van der Waals surface area (Å²) in [6, 6.07) is 1.60. The third-order valence-corrected chi connectivity index (χ3v) is 5.97. The van der Waals surface area contributed by atoms with Crippen molar-refractivity contribution in [2.45, 2.75) is 30.1 Å². The van der Waals surface area contributed by atoms with Crippen LogP contribution in [0.1, 0.15) is 17.0 Å². The van der Waals surface area contributed by atoms with Crippen molar-refractivity contribution in [1.29, 1.82) is 0 Å². The first kappa shape index (κ1) is 19.2. The zero-order valence-corrected chi connectivity index (χ0v) is 14.3. The van der Waals surface area contributed by atoms with Gasteiger partial charge < -0.3 is 0 Å². The van der Waals surface area contributed by atoms with Gasteiger partial charge in [0.2, 0.25) is 10.0 Å². The van der Waals surface area contributed by atoms with E-state index in [1.165, 1.54) is 17.9 Å². The standard InChI is InChI=1S/C15H13F3N4O4S/c16-15(17,18)9-1-3-10(4-2-9)27(25,26)22-8-12-11(19-5-6-20-12)7-13(22)14(23)21-24/h1-6,13,24H,7-8H2,(H,21,23)/t13-/m1/s1. The SMILES string of the molecule is O=C(NO)[C@H]1Cc2nccnc2CN1S(=O)(=O)c1ccc(C(F)(F)F)cc1. The average molecular weight is 402 g/mol. The van der Waals surface area contributed by atoms with Crippen LogP contribution in [0, 0.1) is 0 Å². The third-order valence-electron chi connectivity index (χ3n) is 4.10. The maximum Gasteiger partial charge on any atom is 0.416 e. The van der Waals surface area contributed by atoms with Gasteiger partial charge in [0.05, 0.1) is 28.4 Å². The predicted octanol–water partition coefficient (Wildman–Crippen LogP) is 1.12. The molecule has 1 aromatic carbocycles. The van der Waals surface area contributed by atoms with Crippen LogP contribution in [0.4, 0.5) is 13.2 Å². The summed E-state index contributed by atoms with van der Waals surface area (Å²) in [5, 5.41) is 8.93. The molecule has 1 aliphatic rings. The Morgan fingerprint density at radius 1 is 1.15 bits per heavy atom. The maximum absolute atomic E-state index is 12.9. The Labute approximate surface area is 151 Å². The molecule has 12 heteroatoms. The molecule has 0 unspecified atom stereocenters. The molecule has 144 valence electrons. The number of hydroxylamine groups is 1. The quantitative estimate of drug-likeness (QED) is 0.588. The van der Waals surface area contributed by atoms with Gasteiger partial charge in [-0.05, 0) is 24.3 Å². The van der Waals surface area contributed by atoms with Crippen LogP contribution in [-0.4, -0.2) is 39.8 Å². The number of carbonyl (C=O) groups excluding carboxylic acids is 1. The van der Waals surface area contributed by atoms with Crippen LogP contribution in [0.25, 0.3) is 0 Å². The number of halogens is 3. The van der Waals surface area contributed by atoms with Crippen LogP contribution in [0.2, 0.25) is 0 Å². The molecular weight excluding hydrogens is 389 g/mol. The van der Waals surface area contributed by atoms with E-state index in [2.05, 4.69) is 9.97 Å². The lowest BCUT2D eigenvalue weighted by molar-refractivity contribution is -0.137. The van der Waals surface area contributed by atoms with Crippen LogP contribution in [0.15, 0.2) is 41.6 Å². The molecule has 27 heavy (non-hydrogen) atoms. The third kappa shape index (κ3) is 3.63. The van der Waals surface area contributed by atoms with Crippen molar-refractivity contribution in [2.24, 2.45) is 0 Å². The number of hydrogen-bond donors (Lipinski definition) is 2. The maximum atomic E-state index is 12.9. The summed E-state index contributed by atoms with van der Waals surface area (Å²) < 4.78 is 64.7. The van der Waals surface area contributed by atoms with Crippen molar-refractivity contribution < 1.29 is 31.6 Å². The number of carbonyl (C=O) groups is 1. The highest BCUT2D eigenvalue weighted by Gasteiger charge is 2.41. The first-order valence-corrected chi connectivity index (χ1v) is 9.00. The van der Waals surface area contributed by atoms with Crippen molar-refractivity contribution in [2.75, 3.05) is 0 Å². The Hall–Kier alpha value is -2.57. The number of nitrogens with zero attached hydrogens (tertiary/aromatic N) is 3. The lowest BCUT2D eigenvalue weighted by Crippen LogP contribution is -2.52. The molecule has 0 aliphatic carbocycles. The molecule has 1 amide bonds. The van der Waals surface area contributed by atoms with E-state index in [1.807, 2.05) is 0 Å². The predicted molar refractivity (Wildman–Crippen MR) is 83.6 cm³/mol. The van der Waals surface area contributed by atoms with E-state index < -0.39 is 38.6 Å². The van der Waals surface area contributed by atoms with E-state index in [-0.39, 0.29) is 13.0 Å². The second-order valence-electron chi connectivity index (χ2n) is 5.72. The summed E-state index contributed by atoms with van der Waals surface area (Å²) in [6.45, 7) is -0.315. The van der Waals surface area contributed by atoms with Crippen molar-refractivity contribution in [3.05, 3.63) is 53.6 Å². The Kier molecular flexibility index (Phi) is 4.88. The molecule has 3 rings (SSSR count). The fraction of sp³-hybridized carbons (Fsp3) is 0.267. The van der Waals surface area contributed by atoms with Crippen molar-refractivity contribution in [1.82, 2.24) is 19.8 Å². The van der Waals surface area contributed by atoms with Gasteiger partial charge in [-0.25, -0.2) is 13.9 Å². The molecule has 1 aliphatic heterocycles. The summed E-state index contributed by atoms with van der Waals surface area (Å²) in [4.78, 5) is 19.6. The summed E-state index contributed by atoms with van der Waals surface area (Å²) in [7, 11) is -4.35. The molecule has 8 nitrogen and oxygen atoms in total. The zero-order chi connectivity index (χ0) is 19.8. The van der Waals surface area contributed by atoms with E-state index in [0.29, 0.717) is 23.5 Å². The summed E-state index contributed by atoms with van der Waals surface area (Å²) in [6.07, 6.45) is -2.02. The molecular formula is C15H13F3N4O4S. The van der Waals surface area contributed by atoms with E-state index in [0.717, 1.165) is 16.4 Å². The molecule has 2 heterocycles. The number of hydrogen-bond acceptors (Lipinski definition) is 6. The van der Waals surface area contributed by atoms with Gasteiger partial charge in [-0.15, -0.1) is 0 Å². The van der Waals surface area contributed by atoms with Gasteiger partial charge in [0.1, 0.15) is 6.04 Å². The minimum atomic E-state index is -4.61. The largest absolute Gasteiger partial charge is 0.416 e. The van der Waals surface area contributed by atoms with Crippen LogP contribution >= 0.6 is 0 Å². The van der Waals surface area contributed by atoms with Gasteiger partial charge >= 0.3 is 6.18 Å². The van der Waals surface area contributed by atoms with Crippen LogP contribution in [0.5, 0.6) is 0 Å². The van der Waals surface area contributed by atoms with E-state index in [9.17, 15) is 26.4 Å². The summed E-state index contributed by atoms with van der Waals surface area (Å²) in [5.41, 5.74) is 1.12. The lowest BCUT2D eigenvalue weighted by Gasteiger charge is -2.33. The lowest BCUT2D eigenvalue weighted by atomic mass is 10.0. The Bertz CT molecular complexity index is 964.